The van der Waals surface area contributed by atoms with Gasteiger partial charge in [0.25, 0.3) is 8.32 Å². The lowest BCUT2D eigenvalue weighted by atomic mass is 10.1. The lowest BCUT2D eigenvalue weighted by Crippen LogP contribution is -2.50. The standard InChI is InChI=1S/C28H52N2O3Si2.CH2O/c1-19(2)35(20(3)4,21(5)6)33-27-15-24(29)25(16-26(27)31-11)30-17-22(7)14-23(30)18-32-34(12,13)28(8,9)10;1-2/h15-17,19-21,23H,14,18,29H2,1-13H3;1H2/t23-;/m0./s1. The minimum absolute atomic E-state index is 0.180. The maximum absolute atomic E-state index is 8.00. The van der Waals surface area contributed by atoms with Gasteiger partial charge in [-0.25, -0.2) is 0 Å². The van der Waals surface area contributed by atoms with Crippen LogP contribution in [-0.2, 0) is 9.22 Å². The molecule has 212 valence electrons. The smallest absolute Gasteiger partial charge is 0.258 e. The van der Waals surface area contributed by atoms with E-state index in [4.69, 9.17) is 24.1 Å². The molecule has 1 atom stereocenters. The van der Waals surface area contributed by atoms with Gasteiger partial charge in [0.1, 0.15) is 12.5 Å². The van der Waals surface area contributed by atoms with E-state index in [0.29, 0.717) is 28.9 Å². The van der Waals surface area contributed by atoms with E-state index < -0.39 is 16.6 Å². The van der Waals surface area contributed by atoms with Crippen molar-refractivity contribution in [2.75, 3.05) is 24.4 Å². The third-order valence-corrected chi connectivity index (χ3v) is 18.8. The Bertz CT molecular complexity index is 901. The monoisotopic (exact) mass is 550 g/mol. The number of methoxy groups -OCH3 is 1. The quantitative estimate of drug-likeness (QED) is 0.234. The van der Waals surface area contributed by atoms with Crippen molar-refractivity contribution in [3.63, 3.8) is 0 Å². The molecule has 1 aliphatic rings. The number of carbonyl (C=O) groups is 1. The molecule has 0 bridgehead atoms. The van der Waals surface area contributed by atoms with Crippen LogP contribution < -0.4 is 19.8 Å². The van der Waals surface area contributed by atoms with E-state index in [1.807, 2.05) is 12.9 Å². The normalized spacial score (nSPS) is 16.7. The fourth-order valence-electron chi connectivity index (χ4n) is 5.36. The minimum Gasteiger partial charge on any atom is -0.540 e. The highest BCUT2D eigenvalue weighted by atomic mass is 28.4. The van der Waals surface area contributed by atoms with Crippen molar-refractivity contribution in [1.82, 2.24) is 0 Å². The lowest BCUT2D eigenvalue weighted by molar-refractivity contribution is -0.0980. The predicted octanol–water partition coefficient (Wildman–Crippen LogP) is 8.15. The van der Waals surface area contributed by atoms with Crippen molar-refractivity contribution in [2.24, 2.45) is 0 Å². The van der Waals surface area contributed by atoms with E-state index in [2.05, 4.69) is 99.5 Å². The van der Waals surface area contributed by atoms with Crippen LogP contribution in [0.25, 0.3) is 0 Å². The van der Waals surface area contributed by atoms with Crippen molar-refractivity contribution in [2.45, 2.75) is 116 Å². The van der Waals surface area contributed by atoms with Crippen molar-refractivity contribution in [1.29, 1.82) is 0 Å². The molecule has 0 spiro atoms. The number of anilines is 2. The Morgan fingerprint density at radius 2 is 1.54 bits per heavy atom. The van der Waals surface area contributed by atoms with Crippen molar-refractivity contribution >= 4 is 34.8 Å². The molecule has 2 rings (SSSR count). The van der Waals surface area contributed by atoms with Gasteiger partial charge in [0.05, 0.1) is 31.1 Å². The number of hydrogen-bond donors (Lipinski definition) is 1. The molecule has 0 saturated carbocycles. The van der Waals surface area contributed by atoms with Crippen LogP contribution in [0.3, 0.4) is 0 Å². The molecule has 6 nitrogen and oxygen atoms in total. The average Bonchev–Trinajstić information content (AvgIpc) is 3.16. The van der Waals surface area contributed by atoms with Crippen LogP contribution in [0.2, 0.25) is 34.8 Å². The minimum atomic E-state index is -2.14. The Hall–Kier alpha value is -1.78. The summed E-state index contributed by atoms with van der Waals surface area (Å²) in [5.74, 6) is 1.51. The predicted molar refractivity (Wildman–Crippen MR) is 164 cm³/mol. The summed E-state index contributed by atoms with van der Waals surface area (Å²) in [6.45, 7) is 30.1. The van der Waals surface area contributed by atoms with Crippen LogP contribution in [0.15, 0.2) is 23.9 Å². The summed E-state index contributed by atoms with van der Waals surface area (Å²) in [5, 5.41) is 0.180. The molecule has 0 aliphatic carbocycles. The lowest BCUT2D eigenvalue weighted by Gasteiger charge is -2.42. The fourth-order valence-corrected chi connectivity index (χ4v) is 11.7. The van der Waals surface area contributed by atoms with E-state index in [1.54, 1.807) is 7.11 Å². The number of carbonyl (C=O) groups excluding carboxylic acids is 1. The number of rotatable bonds is 10. The first-order valence-corrected chi connectivity index (χ1v) is 18.6. The van der Waals surface area contributed by atoms with Crippen LogP contribution >= 0.6 is 0 Å². The number of nitrogen functional groups attached to an aromatic ring is 1. The fraction of sp³-hybridized carbons (Fsp3) is 0.690. The Labute approximate surface area is 229 Å². The van der Waals surface area contributed by atoms with Crippen LogP contribution in [0.1, 0.15) is 75.7 Å². The van der Waals surface area contributed by atoms with E-state index >= 15 is 0 Å². The molecule has 0 unspecified atom stereocenters. The van der Waals surface area contributed by atoms with E-state index in [0.717, 1.165) is 23.6 Å². The number of benzene rings is 1. The van der Waals surface area contributed by atoms with Crippen molar-refractivity contribution < 1.29 is 18.4 Å². The molecule has 0 radical (unpaired) electrons. The molecule has 8 heteroatoms. The van der Waals surface area contributed by atoms with Gasteiger partial charge >= 0.3 is 0 Å². The summed E-state index contributed by atoms with van der Waals surface area (Å²) >= 11 is 0. The number of nitrogens with zero attached hydrogens (tertiary/aromatic N) is 1. The van der Waals surface area contributed by atoms with Gasteiger partial charge in [0.2, 0.25) is 0 Å². The summed E-state index contributed by atoms with van der Waals surface area (Å²) in [6.07, 6.45) is 3.18. The van der Waals surface area contributed by atoms with Crippen LogP contribution in [0, 0.1) is 0 Å². The van der Waals surface area contributed by atoms with Gasteiger partial charge < -0.3 is 29.0 Å². The molecule has 1 aliphatic heterocycles. The first kappa shape index (κ1) is 33.3. The van der Waals surface area contributed by atoms with E-state index in [9.17, 15) is 0 Å². The summed E-state index contributed by atoms with van der Waals surface area (Å²) < 4.78 is 19.5. The molecule has 1 aromatic carbocycles. The molecule has 1 heterocycles. The molecule has 0 saturated heterocycles. The highest BCUT2D eigenvalue weighted by Gasteiger charge is 2.47. The SMILES string of the molecule is C=O.COc1cc(N2C=C(C)C[C@H]2CO[Si](C)(C)C(C)(C)C)c(N)cc1O[Si](C(C)C)(C(C)C)C(C)C. The Morgan fingerprint density at radius 1 is 1.03 bits per heavy atom. The zero-order valence-corrected chi connectivity index (χ0v) is 27.8. The molecular formula is C29H54N2O4Si2. The van der Waals surface area contributed by atoms with Gasteiger partial charge in [0, 0.05) is 18.3 Å². The topological polar surface area (TPSA) is 74.0 Å². The van der Waals surface area contributed by atoms with Crippen molar-refractivity contribution in [3.8, 4) is 11.5 Å². The average molecular weight is 551 g/mol. The molecular weight excluding hydrogens is 497 g/mol. The second kappa shape index (κ2) is 12.8. The van der Waals surface area contributed by atoms with Gasteiger partial charge in [-0.2, -0.15) is 0 Å². The van der Waals surface area contributed by atoms with Crippen molar-refractivity contribution in [3.05, 3.63) is 23.9 Å². The van der Waals surface area contributed by atoms with E-state index in [1.165, 1.54) is 5.57 Å². The highest BCUT2D eigenvalue weighted by molar-refractivity contribution is 6.78. The Morgan fingerprint density at radius 3 is 1.97 bits per heavy atom. The third kappa shape index (κ3) is 7.21. The number of hydrogen-bond acceptors (Lipinski definition) is 6. The highest BCUT2D eigenvalue weighted by Crippen LogP contribution is 2.47. The molecule has 1 aromatic rings. The molecule has 0 aromatic heterocycles. The Kier molecular flexibility index (Phi) is 11.5. The van der Waals surface area contributed by atoms with Gasteiger partial charge in [-0.3, -0.25) is 0 Å². The van der Waals surface area contributed by atoms with Crippen LogP contribution in [0.5, 0.6) is 11.5 Å². The summed E-state index contributed by atoms with van der Waals surface area (Å²) in [6, 6.07) is 4.26. The zero-order chi connectivity index (χ0) is 28.9. The van der Waals surface area contributed by atoms with Gasteiger partial charge in [0.15, 0.2) is 14.1 Å². The number of ether oxygens (including phenoxy) is 1. The summed E-state index contributed by atoms with van der Waals surface area (Å²) in [5.41, 5.74) is 11.1. The molecule has 0 amide bonds. The van der Waals surface area contributed by atoms with Crippen LogP contribution in [-0.4, -0.2) is 43.2 Å². The Balaban J connectivity index is 0.00000334. The zero-order valence-electron chi connectivity index (χ0n) is 25.8. The summed E-state index contributed by atoms with van der Waals surface area (Å²) in [7, 11) is -2.27. The van der Waals surface area contributed by atoms with Gasteiger partial charge in [-0.15, -0.1) is 0 Å². The second-order valence-corrected chi connectivity index (χ2v) is 23.0. The first-order valence-electron chi connectivity index (χ1n) is 13.5. The second-order valence-electron chi connectivity index (χ2n) is 12.8. The maximum atomic E-state index is 8.00. The molecule has 0 fully saturated rings. The van der Waals surface area contributed by atoms with Gasteiger partial charge in [-0.05, 0) is 48.1 Å². The third-order valence-electron chi connectivity index (χ3n) is 8.34. The summed E-state index contributed by atoms with van der Waals surface area (Å²) in [4.78, 5) is 10.3. The molecule has 2 N–H and O–H groups in total. The largest absolute Gasteiger partial charge is 0.540 e. The molecule has 37 heavy (non-hydrogen) atoms. The van der Waals surface area contributed by atoms with Gasteiger partial charge in [-0.1, -0.05) is 67.9 Å². The van der Waals surface area contributed by atoms with Crippen LogP contribution in [0.4, 0.5) is 11.4 Å². The van der Waals surface area contributed by atoms with E-state index in [-0.39, 0.29) is 11.1 Å². The number of nitrogens with two attached hydrogens (primary N) is 1. The first-order chi connectivity index (χ1) is 17.0. The maximum Gasteiger partial charge on any atom is 0.258 e.